The van der Waals surface area contributed by atoms with E-state index in [0.29, 0.717) is 17.5 Å². The lowest BCUT2D eigenvalue weighted by Crippen LogP contribution is -2.01. The van der Waals surface area contributed by atoms with Gasteiger partial charge in [0.25, 0.3) is 0 Å². The van der Waals surface area contributed by atoms with Gasteiger partial charge in [0.1, 0.15) is 11.2 Å². The van der Waals surface area contributed by atoms with Gasteiger partial charge in [-0.15, -0.1) is 11.3 Å². The van der Waals surface area contributed by atoms with E-state index in [0.717, 1.165) is 65.6 Å². The van der Waals surface area contributed by atoms with Crippen LogP contribution < -0.4 is 0 Å². The van der Waals surface area contributed by atoms with E-state index in [2.05, 4.69) is 164 Å². The van der Waals surface area contributed by atoms with Crippen LogP contribution in [-0.2, 0) is 0 Å². The molecule has 0 saturated carbocycles. The van der Waals surface area contributed by atoms with Crippen molar-refractivity contribution in [3.63, 3.8) is 0 Å². The SMILES string of the molecule is c1ccc2c(-c3nc(-c4ccc5c(ccc6c7cccc(-c8cccc9oc%10ccccc%10c89)c7sc56)c4)nc(-c4cccc5ccccc45)n3)cccc2c1. The van der Waals surface area contributed by atoms with Crippen LogP contribution in [-0.4, -0.2) is 15.0 Å². The van der Waals surface area contributed by atoms with Gasteiger partial charge in [-0.3, -0.25) is 0 Å². The molecule has 0 bridgehead atoms. The summed E-state index contributed by atoms with van der Waals surface area (Å²) in [6, 6.07) is 62.0. The van der Waals surface area contributed by atoms with Crippen molar-refractivity contribution in [1.29, 1.82) is 0 Å². The number of hydrogen-bond acceptors (Lipinski definition) is 5. The highest BCUT2D eigenvalue weighted by Crippen LogP contribution is 2.46. The first-order valence-electron chi connectivity index (χ1n) is 18.8. The van der Waals surface area contributed by atoms with Crippen LogP contribution in [0.5, 0.6) is 0 Å². The Balaban J connectivity index is 1.05. The van der Waals surface area contributed by atoms with Gasteiger partial charge in [0.2, 0.25) is 0 Å². The van der Waals surface area contributed by atoms with Gasteiger partial charge in [-0.2, -0.15) is 0 Å². The Hall–Kier alpha value is -7.21. The summed E-state index contributed by atoms with van der Waals surface area (Å²) in [7, 11) is 0. The summed E-state index contributed by atoms with van der Waals surface area (Å²) in [6.45, 7) is 0. The van der Waals surface area contributed by atoms with Crippen molar-refractivity contribution in [3.05, 3.63) is 176 Å². The Bertz CT molecular complexity index is 3450. The number of hydrogen-bond donors (Lipinski definition) is 0. The maximum atomic E-state index is 6.28. The molecule has 56 heavy (non-hydrogen) atoms. The van der Waals surface area contributed by atoms with Gasteiger partial charge in [0, 0.05) is 53.2 Å². The minimum atomic E-state index is 0.645. The highest BCUT2D eigenvalue weighted by atomic mass is 32.1. The molecule has 0 fully saturated rings. The standard InChI is InChI=1S/C51H29N3OS/c1-3-15-34-30(11-1)13-7-21-41(34)50-52-49(53-51(54-50)42-22-8-14-31-12-2-4-16-35(31)42)33-26-27-36-32(29-33)25-28-40-39-20-9-19-38(48(39)56-47(36)40)37-18-10-24-45-46(37)43-17-5-6-23-44(43)55-45/h1-29H. The summed E-state index contributed by atoms with van der Waals surface area (Å²) in [5, 5.41) is 11.7. The second kappa shape index (κ2) is 12.2. The largest absolute Gasteiger partial charge is 0.456 e. The first-order valence-corrected chi connectivity index (χ1v) is 19.6. The van der Waals surface area contributed by atoms with Crippen molar-refractivity contribution in [1.82, 2.24) is 15.0 Å². The Kier molecular flexibility index (Phi) is 6.76. The zero-order chi connectivity index (χ0) is 36.7. The molecule has 0 aliphatic carbocycles. The molecule has 9 aromatic carbocycles. The average molecular weight is 732 g/mol. The molecular weight excluding hydrogens is 703 g/mol. The number of benzene rings is 9. The van der Waals surface area contributed by atoms with Crippen molar-refractivity contribution < 1.29 is 4.42 Å². The smallest absolute Gasteiger partial charge is 0.164 e. The topological polar surface area (TPSA) is 51.8 Å². The molecule has 0 saturated heterocycles. The lowest BCUT2D eigenvalue weighted by Gasteiger charge is -2.12. The molecule has 5 heteroatoms. The third-order valence-corrected chi connectivity index (χ3v) is 12.4. The van der Waals surface area contributed by atoms with Gasteiger partial charge in [-0.1, -0.05) is 158 Å². The van der Waals surface area contributed by atoms with E-state index in [9.17, 15) is 0 Å². The normalized spacial score (nSPS) is 11.9. The van der Waals surface area contributed by atoms with E-state index in [4.69, 9.17) is 19.4 Å². The second-order valence-corrected chi connectivity index (χ2v) is 15.3. The molecule has 0 unspecified atom stereocenters. The molecule has 12 aromatic rings. The fourth-order valence-corrected chi connectivity index (χ4v) is 9.89. The molecule has 0 atom stereocenters. The molecule has 0 aliphatic rings. The van der Waals surface area contributed by atoms with Crippen LogP contribution in [0.2, 0.25) is 0 Å². The fourth-order valence-electron chi connectivity index (χ4n) is 8.52. The van der Waals surface area contributed by atoms with E-state index in [1.165, 1.54) is 36.7 Å². The van der Waals surface area contributed by atoms with Crippen LogP contribution in [0.1, 0.15) is 0 Å². The second-order valence-electron chi connectivity index (χ2n) is 14.3. The molecule has 12 rings (SSSR count). The lowest BCUT2D eigenvalue weighted by molar-refractivity contribution is 0.669. The molecule has 0 spiro atoms. The van der Waals surface area contributed by atoms with Gasteiger partial charge in [0.15, 0.2) is 17.5 Å². The zero-order valence-electron chi connectivity index (χ0n) is 29.9. The number of furan rings is 1. The number of rotatable bonds is 4. The number of thiophene rings is 1. The first-order chi connectivity index (χ1) is 27.7. The Labute approximate surface area is 325 Å². The number of para-hydroxylation sites is 1. The Morgan fingerprint density at radius 1 is 0.339 bits per heavy atom. The van der Waals surface area contributed by atoms with E-state index >= 15 is 0 Å². The van der Waals surface area contributed by atoms with Crippen LogP contribution in [0.3, 0.4) is 0 Å². The highest BCUT2D eigenvalue weighted by Gasteiger charge is 2.19. The predicted octanol–water partition coefficient (Wildman–Crippen LogP) is 14.3. The summed E-state index contributed by atoms with van der Waals surface area (Å²) >= 11 is 1.86. The van der Waals surface area contributed by atoms with Gasteiger partial charge < -0.3 is 4.42 Å². The van der Waals surface area contributed by atoms with Crippen molar-refractivity contribution in [3.8, 4) is 45.3 Å². The van der Waals surface area contributed by atoms with Crippen LogP contribution in [0.4, 0.5) is 0 Å². The molecule has 3 aromatic heterocycles. The molecule has 3 heterocycles. The minimum absolute atomic E-state index is 0.645. The molecule has 0 aliphatic heterocycles. The van der Waals surface area contributed by atoms with E-state index in [1.807, 2.05) is 23.5 Å². The van der Waals surface area contributed by atoms with Gasteiger partial charge in [0.05, 0.1) is 0 Å². The zero-order valence-corrected chi connectivity index (χ0v) is 30.7. The average Bonchev–Trinajstić information content (AvgIpc) is 3.85. The molecule has 0 N–H and O–H groups in total. The van der Waals surface area contributed by atoms with Crippen molar-refractivity contribution in [2.75, 3.05) is 0 Å². The van der Waals surface area contributed by atoms with Crippen LogP contribution in [0.15, 0.2) is 180 Å². The summed E-state index contributed by atoms with van der Waals surface area (Å²) in [5.74, 6) is 1.96. The highest BCUT2D eigenvalue weighted by molar-refractivity contribution is 7.27. The van der Waals surface area contributed by atoms with Crippen molar-refractivity contribution in [2.45, 2.75) is 0 Å². The predicted molar refractivity (Wildman–Crippen MR) is 234 cm³/mol. The van der Waals surface area contributed by atoms with Gasteiger partial charge in [-0.25, -0.2) is 15.0 Å². The number of nitrogens with zero attached hydrogens (tertiary/aromatic N) is 3. The maximum absolute atomic E-state index is 6.28. The summed E-state index contributed by atoms with van der Waals surface area (Å²) in [5.41, 5.74) is 7.14. The lowest BCUT2D eigenvalue weighted by atomic mass is 9.97. The quantitative estimate of drug-likeness (QED) is 0.181. The molecule has 260 valence electrons. The van der Waals surface area contributed by atoms with E-state index in [1.54, 1.807) is 0 Å². The van der Waals surface area contributed by atoms with Crippen LogP contribution in [0, 0.1) is 0 Å². The third kappa shape index (κ3) is 4.75. The molecule has 4 nitrogen and oxygen atoms in total. The third-order valence-electron chi connectivity index (χ3n) is 11.1. The minimum Gasteiger partial charge on any atom is -0.456 e. The van der Waals surface area contributed by atoms with Crippen LogP contribution in [0.25, 0.3) is 120 Å². The molecular formula is C51H29N3OS. The Morgan fingerprint density at radius 2 is 0.875 bits per heavy atom. The van der Waals surface area contributed by atoms with Gasteiger partial charge >= 0.3 is 0 Å². The molecule has 0 amide bonds. The molecule has 0 radical (unpaired) electrons. The summed E-state index contributed by atoms with van der Waals surface area (Å²) in [4.78, 5) is 15.6. The maximum Gasteiger partial charge on any atom is 0.164 e. The fraction of sp³-hybridized carbons (Fsp3) is 0. The van der Waals surface area contributed by atoms with Crippen LogP contribution >= 0.6 is 11.3 Å². The first kappa shape index (κ1) is 31.2. The van der Waals surface area contributed by atoms with Gasteiger partial charge in [-0.05, 0) is 56.1 Å². The van der Waals surface area contributed by atoms with E-state index < -0.39 is 0 Å². The summed E-state index contributed by atoms with van der Waals surface area (Å²) < 4.78 is 8.82. The number of aromatic nitrogens is 3. The number of fused-ring (bicyclic) bond motifs is 10. The van der Waals surface area contributed by atoms with Crippen molar-refractivity contribution >= 4 is 85.8 Å². The summed E-state index contributed by atoms with van der Waals surface area (Å²) in [6.07, 6.45) is 0. The Morgan fingerprint density at radius 3 is 1.64 bits per heavy atom. The monoisotopic (exact) mass is 731 g/mol. The van der Waals surface area contributed by atoms with Crippen molar-refractivity contribution in [2.24, 2.45) is 0 Å². The van der Waals surface area contributed by atoms with E-state index in [-0.39, 0.29) is 0 Å².